The third-order valence-corrected chi connectivity index (χ3v) is 4.58. The van der Waals surface area contributed by atoms with Gasteiger partial charge in [0, 0.05) is 11.6 Å². The van der Waals surface area contributed by atoms with Gasteiger partial charge in [-0.25, -0.2) is 4.98 Å². The van der Waals surface area contributed by atoms with E-state index in [-0.39, 0.29) is 5.91 Å². The van der Waals surface area contributed by atoms with Crippen LogP contribution in [0.1, 0.15) is 48.9 Å². The summed E-state index contributed by atoms with van der Waals surface area (Å²) < 4.78 is 1.08. The number of carbonyl (C=O) groups excluding carboxylic acids is 1. The van der Waals surface area contributed by atoms with Crippen LogP contribution >= 0.6 is 11.3 Å². The summed E-state index contributed by atoms with van der Waals surface area (Å²) in [5.74, 6) is 0.0576. The molecular weight excluding hydrogens is 256 g/mol. The van der Waals surface area contributed by atoms with Gasteiger partial charge in [-0.05, 0) is 31.0 Å². The predicted octanol–water partition coefficient (Wildman–Crippen LogP) is 3.75. The summed E-state index contributed by atoms with van der Waals surface area (Å²) in [6.07, 6.45) is 7.32. The van der Waals surface area contributed by atoms with Crippen LogP contribution in [-0.4, -0.2) is 16.9 Å². The number of nitrogens with zero attached hydrogens (tertiary/aromatic N) is 1. The summed E-state index contributed by atoms with van der Waals surface area (Å²) in [4.78, 5) is 16.5. The molecule has 0 saturated heterocycles. The first kappa shape index (κ1) is 12.6. The second-order valence-corrected chi connectivity index (χ2v) is 6.08. The predicted molar refractivity (Wildman–Crippen MR) is 78.6 cm³/mol. The smallest absolute Gasteiger partial charge is 0.251 e. The number of benzene rings is 1. The van der Waals surface area contributed by atoms with Crippen molar-refractivity contribution < 1.29 is 4.79 Å². The van der Waals surface area contributed by atoms with Crippen molar-refractivity contribution in [2.24, 2.45) is 0 Å². The second-order valence-electron chi connectivity index (χ2n) is 5.20. The number of amides is 1. The molecule has 1 fully saturated rings. The molecule has 1 N–H and O–H groups in total. The molecule has 0 radical (unpaired) electrons. The zero-order chi connectivity index (χ0) is 13.1. The van der Waals surface area contributed by atoms with Crippen LogP contribution in [0.4, 0.5) is 0 Å². The molecule has 0 spiro atoms. The Kier molecular flexibility index (Phi) is 3.78. The van der Waals surface area contributed by atoms with E-state index in [0.717, 1.165) is 28.6 Å². The van der Waals surface area contributed by atoms with E-state index < -0.39 is 0 Å². The van der Waals surface area contributed by atoms with Crippen LogP contribution in [0.15, 0.2) is 23.7 Å². The molecule has 0 atom stereocenters. The zero-order valence-electron chi connectivity index (χ0n) is 10.9. The fourth-order valence-electron chi connectivity index (χ4n) is 2.69. The van der Waals surface area contributed by atoms with Crippen molar-refractivity contribution in [2.75, 3.05) is 0 Å². The highest BCUT2D eigenvalue weighted by atomic mass is 32.1. The van der Waals surface area contributed by atoms with Crippen LogP contribution in [0, 0.1) is 0 Å². The van der Waals surface area contributed by atoms with Gasteiger partial charge in [0.05, 0.1) is 15.7 Å². The van der Waals surface area contributed by atoms with Gasteiger partial charge in [-0.1, -0.05) is 25.7 Å². The van der Waals surface area contributed by atoms with Crippen LogP contribution in [0.5, 0.6) is 0 Å². The van der Waals surface area contributed by atoms with Crippen molar-refractivity contribution in [1.82, 2.24) is 10.3 Å². The minimum atomic E-state index is 0.0576. The summed E-state index contributed by atoms with van der Waals surface area (Å²) in [7, 11) is 0. The molecule has 100 valence electrons. The highest BCUT2D eigenvalue weighted by Gasteiger charge is 2.16. The molecule has 3 nitrogen and oxygen atoms in total. The number of fused-ring (bicyclic) bond motifs is 1. The molecule has 1 amide bonds. The minimum absolute atomic E-state index is 0.0576. The van der Waals surface area contributed by atoms with Gasteiger partial charge >= 0.3 is 0 Å². The SMILES string of the molecule is O=C(NC1CCCCCC1)c1ccc2ncsc2c1. The quantitative estimate of drug-likeness (QED) is 0.847. The lowest BCUT2D eigenvalue weighted by Crippen LogP contribution is -2.34. The first-order valence-corrected chi connectivity index (χ1v) is 7.85. The van der Waals surface area contributed by atoms with E-state index >= 15 is 0 Å². The van der Waals surface area contributed by atoms with Crippen LogP contribution in [-0.2, 0) is 0 Å². The molecule has 1 aliphatic rings. The first-order chi connectivity index (χ1) is 9.33. The molecule has 1 aliphatic carbocycles. The van der Waals surface area contributed by atoms with E-state index in [0.29, 0.717) is 6.04 Å². The molecule has 0 bridgehead atoms. The van der Waals surface area contributed by atoms with Gasteiger partial charge in [0.2, 0.25) is 0 Å². The van der Waals surface area contributed by atoms with E-state index in [1.807, 2.05) is 23.7 Å². The molecule has 1 heterocycles. The topological polar surface area (TPSA) is 42.0 Å². The minimum Gasteiger partial charge on any atom is -0.349 e. The van der Waals surface area contributed by atoms with Gasteiger partial charge in [0.1, 0.15) is 0 Å². The highest BCUT2D eigenvalue weighted by molar-refractivity contribution is 7.16. The maximum absolute atomic E-state index is 12.3. The average molecular weight is 274 g/mol. The molecule has 3 rings (SSSR count). The van der Waals surface area contributed by atoms with Crippen molar-refractivity contribution in [2.45, 2.75) is 44.6 Å². The largest absolute Gasteiger partial charge is 0.349 e. The third-order valence-electron chi connectivity index (χ3n) is 3.78. The summed E-state index contributed by atoms with van der Waals surface area (Å²) in [5.41, 5.74) is 3.54. The number of nitrogens with one attached hydrogen (secondary N) is 1. The van der Waals surface area contributed by atoms with E-state index in [2.05, 4.69) is 10.3 Å². The van der Waals surface area contributed by atoms with Gasteiger partial charge in [0.15, 0.2) is 0 Å². The van der Waals surface area contributed by atoms with Gasteiger partial charge in [-0.3, -0.25) is 4.79 Å². The molecule has 1 aromatic carbocycles. The van der Waals surface area contributed by atoms with Crippen molar-refractivity contribution in [3.8, 4) is 0 Å². The van der Waals surface area contributed by atoms with E-state index in [1.54, 1.807) is 11.3 Å². The Balaban J connectivity index is 1.71. The Bertz CT molecular complexity index is 570. The lowest BCUT2D eigenvalue weighted by Gasteiger charge is -2.16. The maximum atomic E-state index is 12.3. The molecule has 2 aromatic rings. The molecule has 0 aliphatic heterocycles. The second kappa shape index (κ2) is 5.70. The monoisotopic (exact) mass is 274 g/mol. The van der Waals surface area contributed by atoms with Crippen molar-refractivity contribution >= 4 is 27.5 Å². The lowest BCUT2D eigenvalue weighted by molar-refractivity contribution is 0.0933. The van der Waals surface area contributed by atoms with Crippen molar-refractivity contribution in [1.29, 1.82) is 0 Å². The van der Waals surface area contributed by atoms with Gasteiger partial charge < -0.3 is 5.32 Å². The summed E-state index contributed by atoms with van der Waals surface area (Å²) >= 11 is 1.58. The maximum Gasteiger partial charge on any atom is 0.251 e. The zero-order valence-corrected chi connectivity index (χ0v) is 11.7. The van der Waals surface area contributed by atoms with Crippen molar-refractivity contribution in [3.63, 3.8) is 0 Å². The number of rotatable bonds is 2. The number of carbonyl (C=O) groups is 1. The van der Waals surface area contributed by atoms with Crippen molar-refractivity contribution in [3.05, 3.63) is 29.3 Å². The van der Waals surface area contributed by atoms with Gasteiger partial charge in [-0.15, -0.1) is 11.3 Å². The number of thiazole rings is 1. The molecule has 1 saturated carbocycles. The summed E-state index contributed by atoms with van der Waals surface area (Å²) in [6.45, 7) is 0. The molecule has 0 unspecified atom stereocenters. The van der Waals surface area contributed by atoms with E-state index in [1.165, 1.54) is 25.7 Å². The fourth-order valence-corrected chi connectivity index (χ4v) is 3.41. The van der Waals surface area contributed by atoms with Crippen LogP contribution in [0.3, 0.4) is 0 Å². The number of aromatic nitrogens is 1. The highest BCUT2D eigenvalue weighted by Crippen LogP contribution is 2.20. The van der Waals surface area contributed by atoms with Crippen LogP contribution in [0.25, 0.3) is 10.2 Å². The normalized spacial score (nSPS) is 17.3. The Morgan fingerprint density at radius 2 is 2.00 bits per heavy atom. The van der Waals surface area contributed by atoms with Gasteiger partial charge in [0.25, 0.3) is 5.91 Å². The van der Waals surface area contributed by atoms with Crippen LogP contribution in [0.2, 0.25) is 0 Å². The third kappa shape index (κ3) is 2.95. The molecule has 1 aromatic heterocycles. The lowest BCUT2D eigenvalue weighted by atomic mass is 10.1. The van der Waals surface area contributed by atoms with Crippen LogP contribution < -0.4 is 5.32 Å². The van der Waals surface area contributed by atoms with E-state index in [4.69, 9.17) is 0 Å². The Labute approximate surface area is 117 Å². The fraction of sp³-hybridized carbons (Fsp3) is 0.467. The Morgan fingerprint density at radius 1 is 1.21 bits per heavy atom. The molecule has 4 heteroatoms. The summed E-state index contributed by atoms with van der Waals surface area (Å²) in [5, 5.41) is 3.18. The molecule has 19 heavy (non-hydrogen) atoms. The summed E-state index contributed by atoms with van der Waals surface area (Å²) in [6, 6.07) is 6.09. The molecular formula is C15H18N2OS. The van der Waals surface area contributed by atoms with E-state index in [9.17, 15) is 4.79 Å². The average Bonchev–Trinajstić information content (AvgIpc) is 2.75. The standard InChI is InChI=1S/C15H18N2OS/c18-15(17-12-5-3-1-2-4-6-12)11-7-8-13-14(9-11)19-10-16-13/h7-10,12H,1-6H2,(H,17,18). The Morgan fingerprint density at radius 3 is 2.79 bits per heavy atom. The Hall–Kier alpha value is -1.42. The number of hydrogen-bond donors (Lipinski definition) is 1. The number of hydrogen-bond acceptors (Lipinski definition) is 3. The van der Waals surface area contributed by atoms with Gasteiger partial charge in [-0.2, -0.15) is 0 Å². The first-order valence-electron chi connectivity index (χ1n) is 6.97.